The third-order valence-corrected chi connectivity index (χ3v) is 8.80. The predicted octanol–water partition coefficient (Wildman–Crippen LogP) is 5.19. The molecule has 0 aromatic heterocycles. The summed E-state index contributed by atoms with van der Waals surface area (Å²) >= 11 is 0. The van der Waals surface area contributed by atoms with E-state index in [9.17, 15) is 10.2 Å². The largest absolute Gasteiger partial charge is 0.504 e. The van der Waals surface area contributed by atoms with Gasteiger partial charge in [0.05, 0.1) is 0 Å². The average molecular weight is 464 g/mol. The van der Waals surface area contributed by atoms with E-state index in [1.165, 1.54) is 32.7 Å². The van der Waals surface area contributed by atoms with E-state index in [0.717, 1.165) is 19.4 Å². The molecule has 0 saturated carbocycles. The van der Waals surface area contributed by atoms with E-state index in [4.69, 9.17) is 4.74 Å². The number of aromatic hydroxyl groups is 1. The predicted molar refractivity (Wildman–Crippen MR) is 139 cm³/mol. The van der Waals surface area contributed by atoms with Crippen molar-refractivity contribution in [3.05, 3.63) is 96.1 Å². The molecule has 5 atom stereocenters. The van der Waals surface area contributed by atoms with Crippen LogP contribution in [0.2, 0.25) is 0 Å². The highest BCUT2D eigenvalue weighted by Gasteiger charge is 2.64. The molecule has 176 valence electrons. The van der Waals surface area contributed by atoms with E-state index in [2.05, 4.69) is 78.7 Å². The molecule has 4 aliphatic rings. The molecule has 35 heavy (non-hydrogen) atoms. The molecule has 2 heterocycles. The standard InChI is InChI=1S/C17H19NO3.C14H10/c1-18-7-6-17-10-3-5-13(20)16(17)21-15-12(19)4-2-9(14(15)17)8-11(10)18;1-3-7-13-11(5-1)9-10-12-6-2-4-8-14(12)13/h2-5,10-11,13,16,19-20H,6-8H2,1H3;1-10H/t10-,11+,13-,16-,17-;/m0./s1. The minimum absolute atomic E-state index is 0.160. The molecule has 4 heteroatoms. The average Bonchev–Trinajstić information content (AvgIpc) is 3.25. The summed E-state index contributed by atoms with van der Waals surface area (Å²) in [4.78, 5) is 2.43. The number of nitrogens with zero attached hydrogens (tertiary/aromatic N) is 1. The Morgan fingerprint density at radius 2 is 1.57 bits per heavy atom. The van der Waals surface area contributed by atoms with Gasteiger partial charge < -0.3 is 19.8 Å². The number of piperidine rings is 1. The number of aliphatic hydroxyl groups is 1. The van der Waals surface area contributed by atoms with E-state index in [0.29, 0.717) is 17.7 Å². The van der Waals surface area contributed by atoms with Gasteiger partial charge in [-0.25, -0.2) is 0 Å². The molecule has 1 saturated heterocycles. The lowest BCUT2D eigenvalue weighted by molar-refractivity contribution is -0.0453. The number of aliphatic hydroxyl groups excluding tert-OH is 1. The topological polar surface area (TPSA) is 52.9 Å². The second-order valence-corrected chi connectivity index (χ2v) is 10.4. The Balaban J connectivity index is 0.000000131. The van der Waals surface area contributed by atoms with Crippen molar-refractivity contribution in [2.75, 3.05) is 13.6 Å². The zero-order chi connectivity index (χ0) is 23.7. The first kappa shape index (κ1) is 21.0. The normalized spacial score (nSPS) is 29.9. The van der Waals surface area contributed by atoms with Crippen LogP contribution in [0.3, 0.4) is 0 Å². The number of rotatable bonds is 0. The van der Waals surface area contributed by atoms with Crippen LogP contribution in [0.4, 0.5) is 0 Å². The van der Waals surface area contributed by atoms with Gasteiger partial charge in [-0.3, -0.25) is 0 Å². The van der Waals surface area contributed by atoms with Crippen LogP contribution >= 0.6 is 0 Å². The maximum absolute atomic E-state index is 10.4. The van der Waals surface area contributed by atoms with Gasteiger partial charge in [0.1, 0.15) is 12.2 Å². The van der Waals surface area contributed by atoms with Gasteiger partial charge in [0.25, 0.3) is 0 Å². The summed E-state index contributed by atoms with van der Waals surface area (Å²) in [5, 5.41) is 25.9. The number of hydrogen-bond donors (Lipinski definition) is 2. The lowest BCUT2D eigenvalue weighted by Gasteiger charge is -2.56. The van der Waals surface area contributed by atoms with Crippen LogP contribution in [0.5, 0.6) is 11.5 Å². The van der Waals surface area contributed by atoms with E-state index in [-0.39, 0.29) is 17.3 Å². The van der Waals surface area contributed by atoms with Gasteiger partial charge in [-0.05, 0) is 59.6 Å². The number of phenolic OH excluding ortho intramolecular Hbond substituents is 1. The number of phenols is 1. The maximum atomic E-state index is 10.4. The molecule has 2 N–H and O–H groups in total. The number of fused-ring (bicyclic) bond motifs is 3. The highest BCUT2D eigenvalue weighted by molar-refractivity contribution is 6.07. The number of benzene rings is 4. The van der Waals surface area contributed by atoms with E-state index in [1.807, 2.05) is 12.1 Å². The van der Waals surface area contributed by atoms with Crippen molar-refractivity contribution in [1.82, 2.24) is 4.90 Å². The second kappa shape index (κ2) is 7.58. The lowest BCUT2D eigenvalue weighted by atomic mass is 9.53. The second-order valence-electron chi connectivity index (χ2n) is 10.4. The van der Waals surface area contributed by atoms with Gasteiger partial charge in [-0.15, -0.1) is 0 Å². The number of ether oxygens (including phenoxy) is 1. The molecule has 4 aromatic carbocycles. The van der Waals surface area contributed by atoms with E-state index < -0.39 is 6.10 Å². The summed E-state index contributed by atoms with van der Waals surface area (Å²) in [6.45, 7) is 1.01. The quantitative estimate of drug-likeness (QED) is 0.278. The van der Waals surface area contributed by atoms with Crippen molar-refractivity contribution >= 4 is 21.5 Å². The smallest absolute Gasteiger partial charge is 0.165 e. The Morgan fingerprint density at radius 1 is 0.886 bits per heavy atom. The SMILES string of the molecule is CN1CC[C@]23c4c5ccc(O)c4O[C@H]2[C@@H](O)C=C[C@H]3[C@H]1C5.c1ccc2c(c1)ccc1ccccc12. The van der Waals surface area contributed by atoms with Crippen molar-refractivity contribution in [2.24, 2.45) is 5.92 Å². The summed E-state index contributed by atoms with van der Waals surface area (Å²) in [5.74, 6) is 1.19. The summed E-state index contributed by atoms with van der Waals surface area (Å²) in [6.07, 6.45) is 5.18. The Kier molecular flexibility index (Phi) is 4.54. The summed E-state index contributed by atoms with van der Waals surface area (Å²) in [6, 6.07) is 25.6. The van der Waals surface area contributed by atoms with Crippen LogP contribution in [-0.2, 0) is 11.8 Å². The molecule has 0 amide bonds. The molecule has 2 aliphatic carbocycles. The molecule has 8 rings (SSSR count). The van der Waals surface area contributed by atoms with E-state index >= 15 is 0 Å². The molecule has 0 radical (unpaired) electrons. The monoisotopic (exact) mass is 463 g/mol. The van der Waals surface area contributed by atoms with Crippen LogP contribution in [0.1, 0.15) is 17.5 Å². The van der Waals surface area contributed by atoms with Crippen LogP contribution < -0.4 is 4.74 Å². The molecule has 4 aromatic rings. The first-order valence-corrected chi connectivity index (χ1v) is 12.5. The Hall–Kier alpha value is -3.34. The molecule has 1 fully saturated rings. The third-order valence-electron chi connectivity index (χ3n) is 8.80. The first-order chi connectivity index (χ1) is 17.1. The minimum Gasteiger partial charge on any atom is -0.504 e. The molecule has 2 bridgehead atoms. The van der Waals surface area contributed by atoms with Gasteiger partial charge >= 0.3 is 0 Å². The molecular formula is C31H29NO3. The zero-order valence-electron chi connectivity index (χ0n) is 19.8. The molecule has 1 spiro atoms. The van der Waals surface area contributed by atoms with Crippen LogP contribution in [0.25, 0.3) is 21.5 Å². The fourth-order valence-corrected chi connectivity index (χ4v) is 7.19. The van der Waals surface area contributed by atoms with Crippen molar-refractivity contribution in [3.8, 4) is 11.5 Å². The molecular weight excluding hydrogens is 434 g/mol. The van der Waals surface area contributed by atoms with Gasteiger partial charge in [-0.1, -0.05) is 78.9 Å². The fourth-order valence-electron chi connectivity index (χ4n) is 7.19. The van der Waals surface area contributed by atoms with E-state index in [1.54, 1.807) is 6.07 Å². The van der Waals surface area contributed by atoms with Gasteiger partial charge in [0.2, 0.25) is 0 Å². The van der Waals surface area contributed by atoms with Crippen molar-refractivity contribution in [2.45, 2.75) is 36.5 Å². The maximum Gasteiger partial charge on any atom is 0.165 e. The Bertz CT molecular complexity index is 1440. The first-order valence-electron chi connectivity index (χ1n) is 12.5. The molecule has 4 nitrogen and oxygen atoms in total. The molecule has 2 aliphatic heterocycles. The number of likely N-dealkylation sites (tertiary alicyclic amines) is 1. The summed E-state index contributed by atoms with van der Waals surface area (Å²) in [5.41, 5.74) is 2.29. The minimum atomic E-state index is -0.594. The fraction of sp³-hybridized carbons (Fsp3) is 0.290. The Morgan fingerprint density at radius 3 is 2.29 bits per heavy atom. The van der Waals surface area contributed by atoms with Crippen LogP contribution in [0.15, 0.2) is 84.9 Å². The van der Waals surface area contributed by atoms with Crippen LogP contribution in [-0.4, -0.2) is 47.0 Å². The van der Waals surface area contributed by atoms with Crippen molar-refractivity contribution < 1.29 is 14.9 Å². The lowest BCUT2D eigenvalue weighted by Crippen LogP contribution is -2.64. The van der Waals surface area contributed by atoms with Crippen LogP contribution in [0, 0.1) is 5.92 Å². The Labute approximate surface area is 205 Å². The summed E-state index contributed by atoms with van der Waals surface area (Å²) < 4.78 is 6.09. The van der Waals surface area contributed by atoms with Crippen molar-refractivity contribution in [1.29, 1.82) is 0 Å². The highest BCUT2D eigenvalue weighted by Crippen LogP contribution is 2.62. The van der Waals surface area contributed by atoms with Crippen molar-refractivity contribution in [3.63, 3.8) is 0 Å². The number of likely N-dealkylation sites (N-methyl/N-ethyl adjacent to an activating group) is 1. The highest BCUT2D eigenvalue weighted by atomic mass is 16.5. The van der Waals surface area contributed by atoms with Gasteiger partial charge in [-0.2, -0.15) is 0 Å². The number of hydrogen-bond acceptors (Lipinski definition) is 4. The summed E-state index contributed by atoms with van der Waals surface area (Å²) in [7, 11) is 2.19. The zero-order valence-corrected chi connectivity index (χ0v) is 19.8. The third kappa shape index (κ3) is 2.87. The molecule has 0 unspecified atom stereocenters. The van der Waals surface area contributed by atoms with Gasteiger partial charge in [0.15, 0.2) is 11.5 Å². The van der Waals surface area contributed by atoms with Gasteiger partial charge in [0, 0.05) is 22.9 Å².